The number of ether oxygens (including phenoxy) is 1. The third-order valence-corrected chi connectivity index (χ3v) is 3.32. The van der Waals surface area contributed by atoms with E-state index in [9.17, 15) is 4.79 Å². The van der Waals surface area contributed by atoms with E-state index in [0.29, 0.717) is 18.5 Å². The Morgan fingerprint density at radius 2 is 2.10 bits per heavy atom. The molecule has 1 fully saturated rings. The van der Waals surface area contributed by atoms with Crippen LogP contribution in [-0.4, -0.2) is 41.5 Å². The zero-order valence-electron chi connectivity index (χ0n) is 11.5. The first-order chi connectivity index (χ1) is 9.65. The van der Waals surface area contributed by atoms with Crippen LogP contribution in [0.1, 0.15) is 29.6 Å². The quantitative estimate of drug-likeness (QED) is 0.356. The molecule has 0 heterocycles. The third kappa shape index (κ3) is 3.40. The predicted octanol–water partition coefficient (Wildman–Crippen LogP) is 1.44. The number of nitrogens with two attached hydrogens (primary N) is 1. The molecule has 2 rings (SSSR count). The van der Waals surface area contributed by atoms with Crippen LogP contribution in [-0.2, 0) is 0 Å². The van der Waals surface area contributed by atoms with Crippen molar-refractivity contribution in [3.05, 3.63) is 29.8 Å². The lowest BCUT2D eigenvalue weighted by Gasteiger charge is -2.22. The minimum Gasteiger partial charge on any atom is -0.497 e. The van der Waals surface area contributed by atoms with E-state index in [1.54, 1.807) is 36.3 Å². The Morgan fingerprint density at radius 3 is 2.60 bits per heavy atom. The van der Waals surface area contributed by atoms with Crippen molar-refractivity contribution in [2.24, 2.45) is 10.9 Å². The Kier molecular flexibility index (Phi) is 4.45. The third-order valence-electron chi connectivity index (χ3n) is 3.32. The molecule has 3 N–H and O–H groups in total. The van der Waals surface area contributed by atoms with Gasteiger partial charge in [0.15, 0.2) is 0 Å². The number of carbonyl (C=O) groups excluding carboxylic acids is 1. The van der Waals surface area contributed by atoms with E-state index in [1.807, 2.05) is 0 Å². The van der Waals surface area contributed by atoms with Crippen molar-refractivity contribution in [3.8, 4) is 5.75 Å². The van der Waals surface area contributed by atoms with Gasteiger partial charge in [0.1, 0.15) is 11.6 Å². The van der Waals surface area contributed by atoms with Crippen molar-refractivity contribution in [2.75, 3.05) is 13.7 Å². The molecule has 1 aliphatic rings. The van der Waals surface area contributed by atoms with Gasteiger partial charge in [-0.15, -0.1) is 0 Å². The fourth-order valence-electron chi connectivity index (χ4n) is 2.02. The molecule has 1 saturated carbocycles. The standard InChI is InChI=1S/C14H19N3O3/c1-20-12-6-2-10(3-7-12)14(18)17(11-4-5-11)9-8-13(15)16-19/h2-3,6-7,11,19H,4-5,8-9H2,1H3,(H2,15,16). The lowest BCUT2D eigenvalue weighted by Crippen LogP contribution is -2.35. The summed E-state index contributed by atoms with van der Waals surface area (Å²) in [7, 11) is 1.59. The molecule has 0 bridgehead atoms. The highest BCUT2D eigenvalue weighted by atomic mass is 16.5. The molecular weight excluding hydrogens is 258 g/mol. The number of amidine groups is 1. The number of rotatable bonds is 6. The van der Waals surface area contributed by atoms with Crippen LogP contribution < -0.4 is 10.5 Å². The Hall–Kier alpha value is -2.24. The SMILES string of the molecule is COc1ccc(C(=O)N(CCC(N)=NO)C2CC2)cc1. The van der Waals surface area contributed by atoms with Crippen LogP contribution in [0.5, 0.6) is 5.75 Å². The lowest BCUT2D eigenvalue weighted by atomic mass is 10.2. The molecular formula is C14H19N3O3. The molecule has 0 unspecified atom stereocenters. The van der Waals surface area contributed by atoms with Crippen LogP contribution >= 0.6 is 0 Å². The molecule has 1 amide bonds. The molecule has 1 aromatic carbocycles. The summed E-state index contributed by atoms with van der Waals surface area (Å²) >= 11 is 0. The summed E-state index contributed by atoms with van der Waals surface area (Å²) in [5, 5.41) is 11.5. The largest absolute Gasteiger partial charge is 0.497 e. The highest BCUT2D eigenvalue weighted by Crippen LogP contribution is 2.28. The fourth-order valence-corrected chi connectivity index (χ4v) is 2.02. The monoisotopic (exact) mass is 277 g/mol. The van der Waals surface area contributed by atoms with E-state index in [0.717, 1.165) is 18.6 Å². The predicted molar refractivity (Wildman–Crippen MR) is 75.1 cm³/mol. The summed E-state index contributed by atoms with van der Waals surface area (Å²) < 4.78 is 5.08. The molecule has 0 atom stereocenters. The highest BCUT2D eigenvalue weighted by Gasteiger charge is 2.32. The number of methoxy groups -OCH3 is 1. The first-order valence-electron chi connectivity index (χ1n) is 6.57. The fraction of sp³-hybridized carbons (Fsp3) is 0.429. The smallest absolute Gasteiger partial charge is 0.254 e. The Labute approximate surface area is 117 Å². The van der Waals surface area contributed by atoms with Gasteiger partial charge in [0, 0.05) is 24.6 Å². The van der Waals surface area contributed by atoms with E-state index in [1.165, 1.54) is 0 Å². The number of carbonyl (C=O) groups is 1. The molecule has 0 aliphatic heterocycles. The van der Waals surface area contributed by atoms with Crippen molar-refractivity contribution in [3.63, 3.8) is 0 Å². The van der Waals surface area contributed by atoms with Gasteiger partial charge in [0.25, 0.3) is 5.91 Å². The summed E-state index contributed by atoms with van der Waals surface area (Å²) in [6.07, 6.45) is 2.39. The second-order valence-corrected chi connectivity index (χ2v) is 4.80. The molecule has 20 heavy (non-hydrogen) atoms. The van der Waals surface area contributed by atoms with E-state index < -0.39 is 0 Å². The number of amides is 1. The number of nitrogens with zero attached hydrogens (tertiary/aromatic N) is 2. The number of hydrogen-bond donors (Lipinski definition) is 2. The first-order valence-corrected chi connectivity index (χ1v) is 6.57. The molecule has 0 aromatic heterocycles. The Bertz CT molecular complexity index is 495. The molecule has 1 aromatic rings. The van der Waals surface area contributed by atoms with E-state index in [2.05, 4.69) is 5.16 Å². The highest BCUT2D eigenvalue weighted by molar-refractivity contribution is 5.95. The average Bonchev–Trinajstić information content (AvgIpc) is 3.31. The summed E-state index contributed by atoms with van der Waals surface area (Å²) in [6.45, 7) is 0.464. The van der Waals surface area contributed by atoms with Crippen molar-refractivity contribution in [2.45, 2.75) is 25.3 Å². The number of benzene rings is 1. The normalized spacial score (nSPS) is 14.9. The van der Waals surface area contributed by atoms with Gasteiger partial charge in [-0.2, -0.15) is 0 Å². The van der Waals surface area contributed by atoms with Crippen molar-refractivity contribution >= 4 is 11.7 Å². The van der Waals surface area contributed by atoms with Crippen LogP contribution in [0, 0.1) is 0 Å². The average molecular weight is 277 g/mol. The molecule has 0 radical (unpaired) electrons. The van der Waals surface area contributed by atoms with Gasteiger partial charge < -0.3 is 20.6 Å². The van der Waals surface area contributed by atoms with Gasteiger partial charge in [0.05, 0.1) is 7.11 Å². The second-order valence-electron chi connectivity index (χ2n) is 4.80. The summed E-state index contributed by atoms with van der Waals surface area (Å²) in [5.74, 6) is 0.829. The Morgan fingerprint density at radius 1 is 1.45 bits per heavy atom. The maximum atomic E-state index is 12.5. The minimum absolute atomic E-state index is 0.0270. The van der Waals surface area contributed by atoms with Crippen LogP contribution in [0.15, 0.2) is 29.4 Å². The van der Waals surface area contributed by atoms with Crippen molar-refractivity contribution < 1.29 is 14.7 Å². The zero-order chi connectivity index (χ0) is 14.5. The molecule has 6 heteroatoms. The minimum atomic E-state index is -0.0270. The summed E-state index contributed by atoms with van der Waals surface area (Å²) in [4.78, 5) is 14.3. The van der Waals surface area contributed by atoms with E-state index in [4.69, 9.17) is 15.7 Å². The topological polar surface area (TPSA) is 88.2 Å². The van der Waals surface area contributed by atoms with Gasteiger partial charge in [-0.3, -0.25) is 4.79 Å². The molecule has 0 spiro atoms. The van der Waals surface area contributed by atoms with Crippen LogP contribution in [0.3, 0.4) is 0 Å². The second kappa shape index (κ2) is 6.27. The van der Waals surface area contributed by atoms with Crippen LogP contribution in [0.4, 0.5) is 0 Å². The van der Waals surface area contributed by atoms with E-state index >= 15 is 0 Å². The summed E-state index contributed by atoms with van der Waals surface area (Å²) in [6, 6.07) is 7.31. The molecule has 1 aliphatic carbocycles. The van der Waals surface area contributed by atoms with Gasteiger partial charge in [-0.25, -0.2) is 0 Å². The number of oxime groups is 1. The van der Waals surface area contributed by atoms with Gasteiger partial charge in [-0.1, -0.05) is 5.16 Å². The van der Waals surface area contributed by atoms with Crippen LogP contribution in [0.25, 0.3) is 0 Å². The number of hydrogen-bond acceptors (Lipinski definition) is 4. The van der Waals surface area contributed by atoms with Gasteiger partial charge >= 0.3 is 0 Å². The van der Waals surface area contributed by atoms with Gasteiger partial charge in [0.2, 0.25) is 0 Å². The van der Waals surface area contributed by atoms with Crippen molar-refractivity contribution in [1.29, 1.82) is 0 Å². The first kappa shape index (κ1) is 14.2. The molecule has 0 saturated heterocycles. The Balaban J connectivity index is 2.05. The van der Waals surface area contributed by atoms with Crippen LogP contribution in [0.2, 0.25) is 0 Å². The van der Waals surface area contributed by atoms with E-state index in [-0.39, 0.29) is 17.8 Å². The molecule has 108 valence electrons. The summed E-state index contributed by atoms with van der Waals surface area (Å²) in [5.41, 5.74) is 6.09. The maximum absolute atomic E-state index is 12.5. The maximum Gasteiger partial charge on any atom is 0.254 e. The zero-order valence-corrected chi connectivity index (χ0v) is 11.5. The van der Waals surface area contributed by atoms with Crippen molar-refractivity contribution in [1.82, 2.24) is 4.90 Å². The molecule has 6 nitrogen and oxygen atoms in total. The van der Waals surface area contributed by atoms with Gasteiger partial charge in [-0.05, 0) is 37.1 Å². The lowest BCUT2D eigenvalue weighted by molar-refractivity contribution is 0.0747.